The lowest BCUT2D eigenvalue weighted by molar-refractivity contribution is 0.360. The number of sulfone groups is 1. The molecule has 0 amide bonds. The molecule has 26 heavy (non-hydrogen) atoms. The SMILES string of the molecule is COc1c(F)ccc(-c2cc(C)c3cc(CS(C)(=O)=O)ccc3n2)c1F. The number of fused-ring (bicyclic) bond motifs is 1. The first-order valence-corrected chi connectivity index (χ1v) is 9.86. The molecule has 0 saturated carbocycles. The lowest BCUT2D eigenvalue weighted by Gasteiger charge is -2.11. The van der Waals surface area contributed by atoms with E-state index < -0.39 is 27.2 Å². The molecule has 2 aromatic carbocycles. The molecule has 0 saturated heterocycles. The smallest absolute Gasteiger partial charge is 0.191 e. The Bertz CT molecular complexity index is 1110. The first kappa shape index (κ1) is 18.3. The Labute approximate surface area is 150 Å². The van der Waals surface area contributed by atoms with Crippen molar-refractivity contribution < 1.29 is 21.9 Å². The van der Waals surface area contributed by atoms with Gasteiger partial charge in [0.15, 0.2) is 27.2 Å². The molecule has 0 aliphatic carbocycles. The van der Waals surface area contributed by atoms with E-state index >= 15 is 0 Å². The van der Waals surface area contributed by atoms with Crippen molar-refractivity contribution >= 4 is 20.7 Å². The number of methoxy groups -OCH3 is 1. The van der Waals surface area contributed by atoms with E-state index in [2.05, 4.69) is 4.98 Å². The Hall–Kier alpha value is -2.54. The predicted octanol–water partition coefficient (Wildman–Crippen LogP) is 4.04. The second-order valence-corrected chi connectivity index (χ2v) is 8.33. The summed E-state index contributed by atoms with van der Waals surface area (Å²) in [6, 6.07) is 9.28. The lowest BCUT2D eigenvalue weighted by Crippen LogP contribution is -2.01. The van der Waals surface area contributed by atoms with E-state index in [1.165, 1.54) is 19.4 Å². The molecule has 7 heteroatoms. The van der Waals surface area contributed by atoms with Gasteiger partial charge in [-0.2, -0.15) is 0 Å². The van der Waals surface area contributed by atoms with Crippen molar-refractivity contribution in [3.8, 4) is 17.0 Å². The van der Waals surface area contributed by atoms with Crippen LogP contribution in [-0.4, -0.2) is 26.8 Å². The normalized spacial score (nSPS) is 11.7. The fourth-order valence-electron chi connectivity index (χ4n) is 2.89. The summed E-state index contributed by atoms with van der Waals surface area (Å²) < 4.78 is 55.9. The number of aromatic nitrogens is 1. The van der Waals surface area contributed by atoms with Crippen molar-refractivity contribution in [1.29, 1.82) is 0 Å². The van der Waals surface area contributed by atoms with Crippen LogP contribution in [0.25, 0.3) is 22.2 Å². The summed E-state index contributed by atoms with van der Waals surface area (Å²) in [6.07, 6.45) is 1.18. The Morgan fingerprint density at radius 3 is 2.50 bits per heavy atom. The zero-order chi connectivity index (χ0) is 19.1. The zero-order valence-electron chi connectivity index (χ0n) is 14.5. The zero-order valence-corrected chi connectivity index (χ0v) is 15.3. The van der Waals surface area contributed by atoms with Crippen LogP contribution in [0.3, 0.4) is 0 Å². The molecule has 4 nitrogen and oxygen atoms in total. The summed E-state index contributed by atoms with van der Waals surface area (Å²) in [5.41, 5.74) is 2.55. The van der Waals surface area contributed by atoms with Crippen molar-refractivity contribution in [1.82, 2.24) is 4.98 Å². The molecule has 1 aromatic heterocycles. The first-order chi connectivity index (χ1) is 12.2. The van der Waals surface area contributed by atoms with Gasteiger partial charge in [0, 0.05) is 17.2 Å². The second kappa shape index (κ2) is 6.64. The number of ether oxygens (including phenoxy) is 1. The average Bonchev–Trinajstić information content (AvgIpc) is 2.54. The van der Waals surface area contributed by atoms with E-state index in [1.807, 2.05) is 6.92 Å². The summed E-state index contributed by atoms with van der Waals surface area (Å²) in [5.74, 6) is -2.11. The van der Waals surface area contributed by atoms with E-state index in [1.54, 1.807) is 24.3 Å². The van der Waals surface area contributed by atoms with E-state index in [0.717, 1.165) is 17.0 Å². The summed E-state index contributed by atoms with van der Waals surface area (Å²) in [6.45, 7) is 1.83. The number of hydrogen-bond acceptors (Lipinski definition) is 4. The van der Waals surface area contributed by atoms with Gasteiger partial charge >= 0.3 is 0 Å². The molecule has 136 valence electrons. The van der Waals surface area contributed by atoms with Crippen LogP contribution in [0.4, 0.5) is 8.78 Å². The van der Waals surface area contributed by atoms with Crippen molar-refractivity contribution in [2.45, 2.75) is 12.7 Å². The van der Waals surface area contributed by atoms with Crippen LogP contribution in [0.2, 0.25) is 0 Å². The Morgan fingerprint density at radius 1 is 1.12 bits per heavy atom. The number of pyridine rings is 1. The highest BCUT2D eigenvalue weighted by Gasteiger charge is 2.17. The summed E-state index contributed by atoms with van der Waals surface area (Å²) in [5, 5.41) is 0.782. The molecule has 3 aromatic rings. The van der Waals surface area contributed by atoms with Crippen molar-refractivity contribution in [2.24, 2.45) is 0 Å². The quantitative estimate of drug-likeness (QED) is 0.689. The number of halogens is 2. The lowest BCUT2D eigenvalue weighted by atomic mass is 10.0. The number of aryl methyl sites for hydroxylation is 1. The number of nitrogens with zero attached hydrogens (tertiary/aromatic N) is 1. The van der Waals surface area contributed by atoms with Crippen LogP contribution < -0.4 is 4.74 Å². The monoisotopic (exact) mass is 377 g/mol. The van der Waals surface area contributed by atoms with Gasteiger partial charge in [0.1, 0.15) is 0 Å². The molecule has 1 heterocycles. The molecule has 0 bridgehead atoms. The highest BCUT2D eigenvalue weighted by atomic mass is 32.2. The minimum Gasteiger partial charge on any atom is -0.491 e. The molecular weight excluding hydrogens is 360 g/mol. The van der Waals surface area contributed by atoms with Crippen LogP contribution in [-0.2, 0) is 15.6 Å². The number of hydrogen-bond donors (Lipinski definition) is 0. The molecule has 0 aliphatic rings. The predicted molar refractivity (Wildman–Crippen MR) is 96.9 cm³/mol. The van der Waals surface area contributed by atoms with E-state index in [0.29, 0.717) is 16.8 Å². The largest absolute Gasteiger partial charge is 0.491 e. The summed E-state index contributed by atoms with van der Waals surface area (Å²) in [4.78, 5) is 4.44. The molecule has 0 spiro atoms. The standard InChI is InChI=1S/C19H17F2NO3S/c1-11-8-17(13-5-6-15(20)19(25-2)18(13)21)22-16-7-4-12(9-14(11)16)10-26(3,23)24/h4-9H,10H2,1-3H3. The van der Waals surface area contributed by atoms with Gasteiger partial charge in [0.2, 0.25) is 0 Å². The molecule has 0 atom stereocenters. The number of benzene rings is 2. The molecule has 0 N–H and O–H groups in total. The summed E-state index contributed by atoms with van der Waals surface area (Å²) >= 11 is 0. The van der Waals surface area contributed by atoms with Gasteiger partial charge in [-0.05, 0) is 48.4 Å². The van der Waals surface area contributed by atoms with Gasteiger partial charge in [-0.3, -0.25) is 0 Å². The molecule has 0 radical (unpaired) electrons. The topological polar surface area (TPSA) is 56.3 Å². The van der Waals surface area contributed by atoms with Crippen LogP contribution >= 0.6 is 0 Å². The van der Waals surface area contributed by atoms with Gasteiger partial charge in [-0.15, -0.1) is 0 Å². The third-order valence-corrected chi connectivity index (χ3v) is 4.90. The van der Waals surface area contributed by atoms with E-state index in [-0.39, 0.29) is 11.3 Å². The van der Waals surface area contributed by atoms with Crippen LogP contribution in [0.5, 0.6) is 5.75 Å². The molecular formula is C19H17F2NO3S. The van der Waals surface area contributed by atoms with Crippen molar-refractivity contribution in [2.75, 3.05) is 13.4 Å². The van der Waals surface area contributed by atoms with E-state index in [9.17, 15) is 17.2 Å². The Kier molecular flexibility index (Phi) is 4.66. The highest BCUT2D eigenvalue weighted by Crippen LogP contribution is 2.32. The van der Waals surface area contributed by atoms with Gasteiger partial charge < -0.3 is 4.74 Å². The fraction of sp³-hybridized carbons (Fsp3) is 0.211. The third kappa shape index (κ3) is 3.53. The third-order valence-electron chi connectivity index (χ3n) is 4.04. The van der Waals surface area contributed by atoms with Gasteiger partial charge in [-0.25, -0.2) is 22.2 Å². The molecule has 0 aliphatic heterocycles. The minimum atomic E-state index is -3.15. The Balaban J connectivity index is 2.15. The van der Waals surface area contributed by atoms with E-state index in [4.69, 9.17) is 4.74 Å². The van der Waals surface area contributed by atoms with Crippen LogP contribution in [0, 0.1) is 18.6 Å². The Morgan fingerprint density at radius 2 is 1.85 bits per heavy atom. The second-order valence-electron chi connectivity index (χ2n) is 6.19. The summed E-state index contributed by atoms with van der Waals surface area (Å²) in [7, 11) is -1.94. The highest BCUT2D eigenvalue weighted by molar-refractivity contribution is 7.89. The van der Waals surface area contributed by atoms with Gasteiger partial charge in [0.05, 0.1) is 24.1 Å². The van der Waals surface area contributed by atoms with Crippen LogP contribution in [0.15, 0.2) is 36.4 Å². The maximum absolute atomic E-state index is 14.5. The molecule has 3 rings (SSSR count). The molecule has 0 fully saturated rings. The molecule has 0 unspecified atom stereocenters. The van der Waals surface area contributed by atoms with Crippen molar-refractivity contribution in [3.05, 3.63) is 59.2 Å². The van der Waals surface area contributed by atoms with Crippen molar-refractivity contribution in [3.63, 3.8) is 0 Å². The van der Waals surface area contributed by atoms with Crippen LogP contribution in [0.1, 0.15) is 11.1 Å². The van der Waals surface area contributed by atoms with Gasteiger partial charge in [-0.1, -0.05) is 6.07 Å². The number of rotatable bonds is 4. The maximum Gasteiger partial charge on any atom is 0.191 e. The average molecular weight is 377 g/mol. The first-order valence-electron chi connectivity index (χ1n) is 7.80. The van der Waals surface area contributed by atoms with Gasteiger partial charge in [0.25, 0.3) is 0 Å². The fourth-order valence-corrected chi connectivity index (χ4v) is 3.67. The maximum atomic E-state index is 14.5. The minimum absolute atomic E-state index is 0.0616.